The smallest absolute Gasteiger partial charge is 0.184 e. The van der Waals surface area contributed by atoms with Crippen molar-refractivity contribution in [3.63, 3.8) is 0 Å². The molecule has 1 aliphatic heterocycles. The lowest BCUT2D eigenvalue weighted by Gasteiger charge is -2.20. The lowest BCUT2D eigenvalue weighted by Crippen LogP contribution is -2.16. The first-order valence-corrected chi connectivity index (χ1v) is 10.3. The van der Waals surface area contributed by atoms with Crippen LogP contribution in [0.1, 0.15) is 10.4 Å². The van der Waals surface area contributed by atoms with Gasteiger partial charge in [0.25, 0.3) is 0 Å². The van der Waals surface area contributed by atoms with E-state index in [2.05, 4.69) is 55.1 Å². The molecule has 29 heavy (non-hydrogen) atoms. The molecule has 0 bridgehead atoms. The van der Waals surface area contributed by atoms with Crippen LogP contribution in [0.15, 0.2) is 77.4 Å². The van der Waals surface area contributed by atoms with Crippen molar-refractivity contribution in [3.05, 3.63) is 83.0 Å². The van der Waals surface area contributed by atoms with Crippen LogP contribution in [-0.2, 0) is 0 Å². The van der Waals surface area contributed by atoms with Crippen molar-refractivity contribution in [1.29, 1.82) is 0 Å². The highest BCUT2D eigenvalue weighted by atomic mass is 79.9. The summed E-state index contributed by atoms with van der Waals surface area (Å²) < 4.78 is 0.919. The first-order chi connectivity index (χ1) is 14.2. The number of hydrogen-bond acceptors (Lipinski definition) is 2. The van der Waals surface area contributed by atoms with E-state index in [1.165, 1.54) is 0 Å². The minimum absolute atomic E-state index is 0.136. The van der Waals surface area contributed by atoms with E-state index < -0.39 is 0 Å². The Hall–Kier alpha value is -3.31. The molecule has 140 valence electrons. The van der Waals surface area contributed by atoms with E-state index in [1.807, 2.05) is 48.7 Å². The van der Waals surface area contributed by atoms with Crippen LogP contribution >= 0.6 is 15.9 Å². The minimum Gasteiger partial charge on any atom is -0.360 e. The second-order valence-electron chi connectivity index (χ2n) is 7.31. The molecule has 0 fully saturated rings. The van der Waals surface area contributed by atoms with Gasteiger partial charge in [0.05, 0.1) is 23.6 Å². The number of nitrogens with zero attached hydrogens (tertiary/aromatic N) is 1. The maximum Gasteiger partial charge on any atom is 0.184 e. The zero-order chi connectivity index (χ0) is 19.5. The Morgan fingerprint density at radius 3 is 2.48 bits per heavy atom. The Kier molecular flexibility index (Phi) is 3.49. The zero-order valence-electron chi connectivity index (χ0n) is 15.4. The van der Waals surface area contributed by atoms with E-state index in [-0.39, 0.29) is 5.78 Å². The van der Waals surface area contributed by atoms with E-state index in [1.54, 1.807) is 0 Å². The van der Waals surface area contributed by atoms with Crippen LogP contribution in [0.3, 0.4) is 0 Å². The first kappa shape index (κ1) is 16.6. The van der Waals surface area contributed by atoms with Crippen LogP contribution in [-0.4, -0.2) is 22.3 Å². The molecule has 0 spiro atoms. The van der Waals surface area contributed by atoms with Crippen molar-refractivity contribution in [1.82, 2.24) is 9.97 Å². The maximum atomic E-state index is 12.8. The second kappa shape index (κ2) is 6.09. The van der Waals surface area contributed by atoms with E-state index in [9.17, 15) is 4.79 Å². The van der Waals surface area contributed by atoms with Gasteiger partial charge < -0.3 is 14.9 Å². The standard InChI is InChI=1S/C24H16BrN3O/c25-14-9-10-21-17(11-14)22(29)13-28(21)24-16-6-2-4-8-20(16)27-23(24)18-12-26-19-7-3-1-5-15(18)19/h1-12,26-27H,13H2. The Bertz CT molecular complexity index is 1430. The summed E-state index contributed by atoms with van der Waals surface area (Å²) in [5.41, 5.74) is 7.02. The third-order valence-corrected chi connectivity index (χ3v) is 6.15. The molecule has 6 rings (SSSR count). The van der Waals surface area contributed by atoms with Crippen LogP contribution in [0.4, 0.5) is 11.4 Å². The normalized spacial score (nSPS) is 13.6. The molecule has 3 heterocycles. The molecule has 0 atom stereocenters. The number of nitrogens with one attached hydrogen (secondary N) is 2. The van der Waals surface area contributed by atoms with Crippen molar-refractivity contribution in [3.8, 4) is 11.3 Å². The van der Waals surface area contributed by atoms with Gasteiger partial charge in [0.1, 0.15) is 0 Å². The van der Waals surface area contributed by atoms with Gasteiger partial charge in [0, 0.05) is 43.6 Å². The molecule has 2 N–H and O–H groups in total. The molecular weight excluding hydrogens is 426 g/mol. The molecule has 0 amide bonds. The summed E-state index contributed by atoms with van der Waals surface area (Å²) in [7, 11) is 0. The average molecular weight is 442 g/mol. The molecule has 0 aliphatic carbocycles. The van der Waals surface area contributed by atoms with Crippen LogP contribution in [0, 0.1) is 0 Å². The fourth-order valence-electron chi connectivity index (χ4n) is 4.36. The Labute approximate surface area is 175 Å². The third kappa shape index (κ3) is 2.41. The largest absolute Gasteiger partial charge is 0.360 e. The van der Waals surface area contributed by atoms with Crippen molar-refractivity contribution >= 4 is 54.9 Å². The predicted molar refractivity (Wildman–Crippen MR) is 121 cm³/mol. The number of carbonyl (C=O) groups excluding carboxylic acids is 1. The Morgan fingerprint density at radius 2 is 1.62 bits per heavy atom. The number of rotatable bonds is 2. The second-order valence-corrected chi connectivity index (χ2v) is 8.23. The molecule has 2 aromatic heterocycles. The first-order valence-electron chi connectivity index (χ1n) is 9.48. The van der Waals surface area contributed by atoms with E-state index in [4.69, 9.17) is 0 Å². The summed E-state index contributed by atoms with van der Waals surface area (Å²) >= 11 is 3.49. The van der Waals surface area contributed by atoms with Crippen LogP contribution in [0.5, 0.6) is 0 Å². The van der Waals surface area contributed by atoms with Crippen molar-refractivity contribution in [2.45, 2.75) is 0 Å². The lowest BCUT2D eigenvalue weighted by molar-refractivity contribution is 0.101. The Morgan fingerprint density at radius 1 is 0.862 bits per heavy atom. The molecule has 3 aromatic carbocycles. The molecule has 0 unspecified atom stereocenters. The number of aromatic nitrogens is 2. The van der Waals surface area contributed by atoms with E-state index in [0.717, 1.165) is 54.5 Å². The molecule has 0 saturated carbocycles. The van der Waals surface area contributed by atoms with Gasteiger partial charge in [-0.2, -0.15) is 0 Å². The highest BCUT2D eigenvalue weighted by molar-refractivity contribution is 9.10. The topological polar surface area (TPSA) is 51.9 Å². The maximum absolute atomic E-state index is 12.8. The van der Waals surface area contributed by atoms with E-state index >= 15 is 0 Å². The lowest BCUT2D eigenvalue weighted by atomic mass is 10.1. The fourth-order valence-corrected chi connectivity index (χ4v) is 4.72. The number of ketones is 1. The van der Waals surface area contributed by atoms with Gasteiger partial charge >= 0.3 is 0 Å². The van der Waals surface area contributed by atoms with Crippen molar-refractivity contribution in [2.75, 3.05) is 11.4 Å². The van der Waals surface area contributed by atoms with Gasteiger partial charge in [-0.25, -0.2) is 0 Å². The quantitative estimate of drug-likeness (QED) is 0.332. The number of hydrogen-bond donors (Lipinski definition) is 2. The number of H-pyrrole nitrogens is 2. The molecule has 0 radical (unpaired) electrons. The number of benzene rings is 3. The summed E-state index contributed by atoms with van der Waals surface area (Å²) in [6.45, 7) is 0.336. The SMILES string of the molecule is O=C1CN(c2c(-c3c[nH]c4ccccc34)[nH]c3ccccc23)c2ccc(Br)cc21. The monoisotopic (exact) mass is 441 g/mol. The van der Waals surface area contributed by atoms with E-state index in [0.29, 0.717) is 6.54 Å². The van der Waals surface area contributed by atoms with Crippen molar-refractivity contribution < 1.29 is 4.79 Å². The molecule has 5 heteroatoms. The number of aromatic amines is 2. The number of carbonyl (C=O) groups is 1. The average Bonchev–Trinajstić information content (AvgIpc) is 3.41. The highest BCUT2D eigenvalue weighted by Crippen LogP contribution is 2.46. The number of fused-ring (bicyclic) bond motifs is 3. The van der Waals surface area contributed by atoms with Gasteiger partial charge in [-0.3, -0.25) is 4.79 Å². The third-order valence-electron chi connectivity index (χ3n) is 5.66. The van der Waals surface area contributed by atoms with Crippen LogP contribution in [0.2, 0.25) is 0 Å². The molecule has 4 nitrogen and oxygen atoms in total. The minimum atomic E-state index is 0.136. The molecule has 0 saturated heterocycles. The number of Topliss-reactive ketones (excluding diaryl/α,β-unsaturated/α-hetero) is 1. The van der Waals surface area contributed by atoms with Gasteiger partial charge in [0.15, 0.2) is 5.78 Å². The summed E-state index contributed by atoms with van der Waals surface area (Å²) in [5, 5.41) is 2.26. The van der Waals surface area contributed by atoms with Gasteiger partial charge in [0.2, 0.25) is 0 Å². The fraction of sp³-hybridized carbons (Fsp3) is 0.0417. The van der Waals surface area contributed by atoms with Gasteiger partial charge in [-0.1, -0.05) is 52.3 Å². The number of para-hydroxylation sites is 2. The van der Waals surface area contributed by atoms with Crippen LogP contribution in [0.25, 0.3) is 33.1 Å². The van der Waals surface area contributed by atoms with Gasteiger partial charge in [-0.15, -0.1) is 0 Å². The molecule has 5 aromatic rings. The predicted octanol–water partition coefficient (Wildman–Crippen LogP) is 6.41. The number of halogens is 1. The summed E-state index contributed by atoms with van der Waals surface area (Å²) in [6, 6.07) is 22.5. The highest BCUT2D eigenvalue weighted by Gasteiger charge is 2.31. The Balaban J connectivity index is 1.66. The summed E-state index contributed by atoms with van der Waals surface area (Å²) in [4.78, 5) is 21.9. The molecule has 1 aliphatic rings. The summed E-state index contributed by atoms with van der Waals surface area (Å²) in [5.74, 6) is 0.136. The zero-order valence-corrected chi connectivity index (χ0v) is 17.0. The van der Waals surface area contributed by atoms with Gasteiger partial charge in [-0.05, 0) is 30.3 Å². The van der Waals surface area contributed by atoms with Crippen LogP contribution < -0.4 is 4.90 Å². The summed E-state index contributed by atoms with van der Waals surface area (Å²) in [6.07, 6.45) is 2.04. The van der Waals surface area contributed by atoms with Crippen molar-refractivity contribution in [2.24, 2.45) is 0 Å². The molecular formula is C24H16BrN3O. The number of anilines is 2.